The lowest BCUT2D eigenvalue weighted by Gasteiger charge is -2.24. The van der Waals surface area contributed by atoms with Crippen LogP contribution in [0.5, 0.6) is 0 Å². The van der Waals surface area contributed by atoms with Crippen LogP contribution in [0.15, 0.2) is 6.20 Å². The normalized spacial score (nSPS) is 19.7. The Labute approximate surface area is 150 Å². The Morgan fingerprint density at radius 1 is 1.25 bits per heavy atom. The zero-order valence-corrected chi connectivity index (χ0v) is 15.4. The van der Waals surface area contributed by atoms with E-state index in [-0.39, 0.29) is 18.3 Å². The topological polar surface area (TPSA) is 63.1 Å². The maximum absolute atomic E-state index is 12.5. The van der Waals surface area contributed by atoms with Crippen molar-refractivity contribution in [1.29, 1.82) is 0 Å². The summed E-state index contributed by atoms with van der Waals surface area (Å²) in [5, 5.41) is 11.6. The highest BCUT2D eigenvalue weighted by molar-refractivity contribution is 5.91. The summed E-state index contributed by atoms with van der Waals surface area (Å²) in [6, 6.07) is 0.373. The summed E-state index contributed by atoms with van der Waals surface area (Å²) in [6.07, 6.45) is 11.8. The Balaban J connectivity index is 0.00000208. The van der Waals surface area contributed by atoms with E-state index in [1.165, 1.54) is 32.1 Å². The second-order valence-corrected chi connectivity index (χ2v) is 7.08. The molecule has 0 spiro atoms. The number of aromatic nitrogens is 3. The molecule has 7 heteroatoms. The number of piperidine rings is 1. The van der Waals surface area contributed by atoms with Crippen LogP contribution in [0.25, 0.3) is 0 Å². The van der Waals surface area contributed by atoms with Crippen LogP contribution in [0.4, 0.5) is 0 Å². The summed E-state index contributed by atoms with van der Waals surface area (Å²) in [5.41, 5.74) is 0.481. The number of hydrogen-bond donors (Lipinski definition) is 1. The van der Waals surface area contributed by atoms with Crippen LogP contribution >= 0.6 is 12.4 Å². The SMILES string of the molecule is CN(CCC1CCCCC1)C(=O)c1cn(C2CCNCC2)nn1.Cl. The van der Waals surface area contributed by atoms with E-state index >= 15 is 0 Å². The van der Waals surface area contributed by atoms with E-state index in [0.29, 0.717) is 11.7 Å². The van der Waals surface area contributed by atoms with Crippen molar-refractivity contribution in [3.63, 3.8) is 0 Å². The fraction of sp³-hybridized carbons (Fsp3) is 0.824. The first-order valence-corrected chi connectivity index (χ1v) is 9.12. The lowest BCUT2D eigenvalue weighted by molar-refractivity contribution is 0.0778. The largest absolute Gasteiger partial charge is 0.340 e. The van der Waals surface area contributed by atoms with E-state index in [1.54, 1.807) is 0 Å². The molecule has 1 aliphatic heterocycles. The molecule has 3 rings (SSSR count). The number of halogens is 1. The number of amides is 1. The van der Waals surface area contributed by atoms with Gasteiger partial charge in [-0.15, -0.1) is 17.5 Å². The molecule has 2 fully saturated rings. The van der Waals surface area contributed by atoms with E-state index in [0.717, 1.165) is 44.8 Å². The minimum absolute atomic E-state index is 0. The molecule has 6 nitrogen and oxygen atoms in total. The summed E-state index contributed by atoms with van der Waals surface area (Å²) in [4.78, 5) is 14.3. The first kappa shape index (κ1) is 19.2. The van der Waals surface area contributed by atoms with Crippen molar-refractivity contribution in [2.24, 2.45) is 5.92 Å². The third kappa shape index (κ3) is 4.93. The second kappa shape index (κ2) is 9.37. The van der Waals surface area contributed by atoms with Gasteiger partial charge in [-0.1, -0.05) is 37.3 Å². The highest BCUT2D eigenvalue weighted by Crippen LogP contribution is 2.26. The Kier molecular flexibility index (Phi) is 7.49. The molecule has 0 bridgehead atoms. The number of carbonyl (C=O) groups is 1. The van der Waals surface area contributed by atoms with E-state index in [2.05, 4.69) is 15.6 Å². The Bertz CT molecular complexity index is 509. The second-order valence-electron chi connectivity index (χ2n) is 7.08. The van der Waals surface area contributed by atoms with Gasteiger partial charge < -0.3 is 10.2 Å². The number of rotatable bonds is 5. The van der Waals surface area contributed by atoms with Gasteiger partial charge in [-0.25, -0.2) is 4.68 Å². The molecule has 1 aliphatic carbocycles. The molecule has 1 aromatic rings. The summed E-state index contributed by atoms with van der Waals surface area (Å²) >= 11 is 0. The van der Waals surface area contributed by atoms with Crippen LogP contribution in [0.1, 0.15) is 67.9 Å². The highest BCUT2D eigenvalue weighted by Gasteiger charge is 2.21. The standard InChI is InChI=1S/C17H29N5O.ClH/c1-21(12-9-14-5-3-2-4-6-14)17(23)16-13-22(20-19-16)15-7-10-18-11-8-15;/h13-15,18H,2-12H2,1H3;1H. The molecule has 136 valence electrons. The fourth-order valence-electron chi connectivity index (χ4n) is 3.77. The maximum atomic E-state index is 12.5. The summed E-state index contributed by atoms with van der Waals surface area (Å²) in [6.45, 7) is 2.84. The number of nitrogens with one attached hydrogen (secondary N) is 1. The van der Waals surface area contributed by atoms with Gasteiger partial charge in [0.05, 0.1) is 12.2 Å². The van der Waals surface area contributed by atoms with Gasteiger partial charge in [0.25, 0.3) is 5.91 Å². The number of hydrogen-bond acceptors (Lipinski definition) is 4. The molecular formula is C17H30ClN5O. The predicted octanol–water partition coefficient (Wildman–Crippen LogP) is 2.67. The molecule has 0 aromatic carbocycles. The molecule has 0 unspecified atom stereocenters. The van der Waals surface area contributed by atoms with Gasteiger partial charge in [0.15, 0.2) is 5.69 Å². The molecule has 1 amide bonds. The van der Waals surface area contributed by atoms with Crippen LogP contribution in [-0.2, 0) is 0 Å². The van der Waals surface area contributed by atoms with Gasteiger partial charge in [0.2, 0.25) is 0 Å². The smallest absolute Gasteiger partial charge is 0.275 e. The molecule has 24 heavy (non-hydrogen) atoms. The van der Waals surface area contributed by atoms with E-state index in [4.69, 9.17) is 0 Å². The third-order valence-corrected chi connectivity index (χ3v) is 5.36. The van der Waals surface area contributed by atoms with Gasteiger partial charge in [0.1, 0.15) is 0 Å². The quantitative estimate of drug-likeness (QED) is 0.882. The first-order chi connectivity index (χ1) is 11.2. The molecule has 1 saturated carbocycles. The van der Waals surface area contributed by atoms with Crippen molar-refractivity contribution < 1.29 is 4.79 Å². The monoisotopic (exact) mass is 355 g/mol. The Hall–Kier alpha value is -1.14. The fourth-order valence-corrected chi connectivity index (χ4v) is 3.77. The zero-order valence-electron chi connectivity index (χ0n) is 14.6. The lowest BCUT2D eigenvalue weighted by Crippen LogP contribution is -2.30. The number of carbonyl (C=O) groups excluding carboxylic acids is 1. The van der Waals surface area contributed by atoms with Crippen LogP contribution in [-0.4, -0.2) is 52.5 Å². The summed E-state index contributed by atoms with van der Waals surface area (Å²) < 4.78 is 1.88. The summed E-state index contributed by atoms with van der Waals surface area (Å²) in [7, 11) is 1.88. The molecule has 1 aromatic heterocycles. The van der Waals surface area contributed by atoms with E-state index in [9.17, 15) is 4.79 Å². The Morgan fingerprint density at radius 3 is 2.67 bits per heavy atom. The van der Waals surface area contributed by atoms with Crippen LogP contribution < -0.4 is 5.32 Å². The molecule has 1 N–H and O–H groups in total. The predicted molar refractivity (Wildman–Crippen MR) is 96.6 cm³/mol. The van der Waals surface area contributed by atoms with Crippen LogP contribution in [0.2, 0.25) is 0 Å². The van der Waals surface area contributed by atoms with Crippen molar-refractivity contribution in [1.82, 2.24) is 25.2 Å². The molecule has 1 saturated heterocycles. The van der Waals surface area contributed by atoms with Crippen LogP contribution in [0, 0.1) is 5.92 Å². The molecule has 2 heterocycles. The maximum Gasteiger partial charge on any atom is 0.275 e. The minimum atomic E-state index is 0. The van der Waals surface area contributed by atoms with Gasteiger partial charge in [-0.2, -0.15) is 0 Å². The molecule has 0 radical (unpaired) electrons. The Morgan fingerprint density at radius 2 is 1.96 bits per heavy atom. The van der Waals surface area contributed by atoms with E-state index < -0.39 is 0 Å². The molecule has 2 aliphatic rings. The minimum Gasteiger partial charge on any atom is -0.340 e. The van der Waals surface area contributed by atoms with Crippen molar-refractivity contribution >= 4 is 18.3 Å². The third-order valence-electron chi connectivity index (χ3n) is 5.36. The van der Waals surface area contributed by atoms with Gasteiger partial charge in [-0.3, -0.25) is 4.79 Å². The van der Waals surface area contributed by atoms with Gasteiger partial charge >= 0.3 is 0 Å². The average Bonchev–Trinajstić information content (AvgIpc) is 3.11. The van der Waals surface area contributed by atoms with Gasteiger partial charge in [-0.05, 0) is 38.3 Å². The van der Waals surface area contributed by atoms with Gasteiger partial charge in [0, 0.05) is 13.6 Å². The molecular weight excluding hydrogens is 326 g/mol. The zero-order chi connectivity index (χ0) is 16.1. The van der Waals surface area contributed by atoms with Crippen molar-refractivity contribution in [3.05, 3.63) is 11.9 Å². The van der Waals surface area contributed by atoms with Crippen molar-refractivity contribution in [3.8, 4) is 0 Å². The van der Waals surface area contributed by atoms with E-state index in [1.807, 2.05) is 22.8 Å². The average molecular weight is 356 g/mol. The van der Waals surface area contributed by atoms with Crippen molar-refractivity contribution in [2.45, 2.75) is 57.4 Å². The first-order valence-electron chi connectivity index (χ1n) is 9.12. The lowest BCUT2D eigenvalue weighted by atomic mass is 9.87. The highest BCUT2D eigenvalue weighted by atomic mass is 35.5. The summed E-state index contributed by atoms with van der Waals surface area (Å²) in [5.74, 6) is 0.797. The number of nitrogens with zero attached hydrogens (tertiary/aromatic N) is 4. The van der Waals surface area contributed by atoms with Crippen molar-refractivity contribution in [2.75, 3.05) is 26.7 Å². The van der Waals surface area contributed by atoms with Crippen LogP contribution in [0.3, 0.4) is 0 Å². The molecule has 0 atom stereocenters.